The molecule has 34 heavy (non-hydrogen) atoms. The summed E-state index contributed by atoms with van der Waals surface area (Å²) in [4.78, 5) is 32.9. The summed E-state index contributed by atoms with van der Waals surface area (Å²) >= 11 is 0. The smallest absolute Gasteiger partial charge is 0.352 e. The van der Waals surface area contributed by atoms with Gasteiger partial charge in [-0.1, -0.05) is 0 Å². The largest absolute Gasteiger partial charge is 0.477 e. The highest BCUT2D eigenvalue weighted by molar-refractivity contribution is 6.06. The van der Waals surface area contributed by atoms with Gasteiger partial charge in [0.2, 0.25) is 0 Å². The van der Waals surface area contributed by atoms with Crippen molar-refractivity contribution >= 4 is 39.1 Å². The lowest BCUT2D eigenvalue weighted by molar-refractivity contribution is 0.0685. The van der Waals surface area contributed by atoms with Crippen LogP contribution in [0.1, 0.15) is 17.4 Å². The van der Waals surface area contributed by atoms with Gasteiger partial charge in [0.25, 0.3) is 0 Å². The lowest BCUT2D eigenvalue weighted by Gasteiger charge is -2.37. The zero-order valence-electron chi connectivity index (χ0n) is 18.5. The molecule has 7 nitrogen and oxygen atoms in total. The molecule has 0 aliphatic carbocycles. The summed E-state index contributed by atoms with van der Waals surface area (Å²) < 4.78 is 29.8. The molecule has 0 unspecified atom stereocenters. The molecule has 0 radical (unpaired) electrons. The molecule has 0 spiro atoms. The molecule has 3 heterocycles. The second kappa shape index (κ2) is 8.40. The number of hydrogen-bond donors (Lipinski definition) is 1. The van der Waals surface area contributed by atoms with Crippen molar-refractivity contribution in [1.82, 2.24) is 9.55 Å². The lowest BCUT2D eigenvalue weighted by atomic mass is 10.1. The number of fused-ring (bicyclic) bond motifs is 3. The number of pyridine rings is 2. The molecule has 174 valence electrons. The molecule has 2 aromatic heterocycles. The Kier molecular flexibility index (Phi) is 5.39. The van der Waals surface area contributed by atoms with Crippen molar-refractivity contribution in [2.24, 2.45) is 0 Å². The molecular weight excluding hydrogens is 442 g/mol. The molecule has 1 saturated heterocycles. The third kappa shape index (κ3) is 3.63. The van der Waals surface area contributed by atoms with Crippen LogP contribution in [-0.2, 0) is 6.54 Å². The number of aromatic carboxylic acids is 1. The number of carboxylic acid groups (broad SMARTS) is 1. The molecule has 5 rings (SSSR count). The van der Waals surface area contributed by atoms with Crippen LogP contribution in [0.3, 0.4) is 0 Å². The number of halogens is 2. The van der Waals surface area contributed by atoms with E-state index in [0.29, 0.717) is 60.2 Å². The predicted molar refractivity (Wildman–Crippen MR) is 127 cm³/mol. The van der Waals surface area contributed by atoms with E-state index in [0.717, 1.165) is 11.8 Å². The molecule has 0 bridgehead atoms. The normalized spacial score (nSPS) is 14.2. The van der Waals surface area contributed by atoms with Gasteiger partial charge in [-0.25, -0.2) is 13.6 Å². The van der Waals surface area contributed by atoms with E-state index < -0.39 is 17.2 Å². The van der Waals surface area contributed by atoms with Crippen LogP contribution in [0, 0.1) is 11.6 Å². The number of aryl methyl sites for hydroxylation is 1. The van der Waals surface area contributed by atoms with Gasteiger partial charge in [0, 0.05) is 55.9 Å². The minimum atomic E-state index is -1.19. The minimum absolute atomic E-state index is 0.111. The van der Waals surface area contributed by atoms with Gasteiger partial charge in [0.1, 0.15) is 17.3 Å². The van der Waals surface area contributed by atoms with Crippen LogP contribution in [0.2, 0.25) is 0 Å². The number of benzene rings is 2. The van der Waals surface area contributed by atoms with E-state index in [2.05, 4.69) is 9.88 Å². The first-order valence-electron chi connectivity index (χ1n) is 11.0. The fraction of sp³-hybridized carbons (Fsp3) is 0.240. The van der Waals surface area contributed by atoms with E-state index in [1.54, 1.807) is 25.1 Å². The first-order valence-corrected chi connectivity index (χ1v) is 11.0. The average Bonchev–Trinajstić information content (AvgIpc) is 2.83. The Morgan fingerprint density at radius 1 is 1.03 bits per heavy atom. The molecule has 0 amide bonds. The number of carbonyl (C=O) groups is 1. The molecule has 0 saturated carbocycles. The van der Waals surface area contributed by atoms with Crippen LogP contribution >= 0.6 is 0 Å². The predicted octanol–water partition coefficient (Wildman–Crippen LogP) is 3.87. The first-order chi connectivity index (χ1) is 16.4. The van der Waals surface area contributed by atoms with E-state index >= 15 is 4.39 Å². The van der Waals surface area contributed by atoms with E-state index in [9.17, 15) is 19.1 Å². The molecule has 1 aliphatic heterocycles. The highest BCUT2D eigenvalue weighted by Gasteiger charge is 2.22. The summed E-state index contributed by atoms with van der Waals surface area (Å²) in [5.74, 6) is -1.92. The van der Waals surface area contributed by atoms with Crippen LogP contribution in [0.15, 0.2) is 53.5 Å². The van der Waals surface area contributed by atoms with E-state index in [-0.39, 0.29) is 11.5 Å². The average molecular weight is 464 g/mol. The van der Waals surface area contributed by atoms with E-state index in [1.165, 1.54) is 29.0 Å². The Labute approximate surface area is 193 Å². The number of anilines is 2. The molecule has 0 atom stereocenters. The second-order valence-corrected chi connectivity index (χ2v) is 8.23. The summed E-state index contributed by atoms with van der Waals surface area (Å²) in [5.41, 5.74) is 1.46. The molecular formula is C25H22F2N4O3. The summed E-state index contributed by atoms with van der Waals surface area (Å²) in [6.45, 7) is 4.46. The van der Waals surface area contributed by atoms with Crippen molar-refractivity contribution in [2.45, 2.75) is 13.5 Å². The van der Waals surface area contributed by atoms with Crippen molar-refractivity contribution in [3.8, 4) is 0 Å². The zero-order chi connectivity index (χ0) is 24.0. The number of piperazine rings is 1. The van der Waals surface area contributed by atoms with Gasteiger partial charge < -0.3 is 19.5 Å². The minimum Gasteiger partial charge on any atom is -0.477 e. The Hall–Kier alpha value is -4.01. The van der Waals surface area contributed by atoms with Crippen LogP contribution in [-0.4, -0.2) is 46.8 Å². The summed E-state index contributed by atoms with van der Waals surface area (Å²) in [6, 6.07) is 10.3. The molecule has 2 aromatic carbocycles. The topological polar surface area (TPSA) is 78.7 Å². The number of hydrogen-bond acceptors (Lipinski definition) is 5. The third-order valence-electron chi connectivity index (χ3n) is 6.36. The van der Waals surface area contributed by atoms with Crippen molar-refractivity contribution in [3.63, 3.8) is 0 Å². The van der Waals surface area contributed by atoms with Crippen LogP contribution in [0.4, 0.5) is 20.2 Å². The van der Waals surface area contributed by atoms with E-state index in [1.807, 2.05) is 4.90 Å². The number of aromatic nitrogens is 2. The maximum atomic E-state index is 15.1. The standard InChI is InChI=1S/C25H22F2N4O3/c1-2-31-21(25(33)34)13-23(32)24-17-11-20(18(27)12-19(17)28-14-22(24)31)30-9-7-29(8-10-30)16-5-3-15(26)4-6-16/h3-6,11-14H,2,7-10H2,1H3,(H,33,34). The number of carboxylic acids is 1. The molecule has 1 fully saturated rings. The van der Waals surface area contributed by atoms with E-state index in [4.69, 9.17) is 0 Å². The fourth-order valence-electron chi connectivity index (χ4n) is 4.68. The molecule has 1 N–H and O–H groups in total. The van der Waals surface area contributed by atoms with Gasteiger partial charge in [-0.05, 0) is 37.3 Å². The fourth-order valence-corrected chi connectivity index (χ4v) is 4.68. The summed E-state index contributed by atoms with van der Waals surface area (Å²) in [6.07, 6.45) is 1.43. The van der Waals surface area contributed by atoms with Crippen molar-refractivity contribution in [3.05, 3.63) is 76.2 Å². The third-order valence-corrected chi connectivity index (χ3v) is 6.36. The highest BCUT2D eigenvalue weighted by Crippen LogP contribution is 2.30. The maximum absolute atomic E-state index is 15.1. The van der Waals surface area contributed by atoms with Gasteiger partial charge in [-0.3, -0.25) is 9.78 Å². The van der Waals surface area contributed by atoms with Crippen LogP contribution < -0.4 is 15.2 Å². The van der Waals surface area contributed by atoms with Crippen molar-refractivity contribution in [2.75, 3.05) is 36.0 Å². The van der Waals surface area contributed by atoms with Gasteiger partial charge >= 0.3 is 5.97 Å². The van der Waals surface area contributed by atoms with Gasteiger partial charge in [-0.15, -0.1) is 0 Å². The maximum Gasteiger partial charge on any atom is 0.352 e. The van der Waals surface area contributed by atoms with Gasteiger partial charge in [-0.2, -0.15) is 0 Å². The van der Waals surface area contributed by atoms with Crippen LogP contribution in [0.25, 0.3) is 21.8 Å². The van der Waals surface area contributed by atoms with Gasteiger partial charge in [0.05, 0.1) is 28.3 Å². The first kappa shape index (κ1) is 21.8. The summed E-state index contributed by atoms with van der Waals surface area (Å²) in [5, 5.41) is 10.3. The number of rotatable bonds is 4. The number of nitrogens with zero attached hydrogens (tertiary/aromatic N) is 4. The Balaban J connectivity index is 1.55. The lowest BCUT2D eigenvalue weighted by Crippen LogP contribution is -2.46. The quantitative estimate of drug-likeness (QED) is 0.462. The molecule has 4 aromatic rings. The SMILES string of the molecule is CCn1c(C(=O)O)cc(=O)c2c3cc(N4CCN(c5ccc(F)cc5)CC4)c(F)cc3ncc21. The highest BCUT2D eigenvalue weighted by atomic mass is 19.1. The Morgan fingerprint density at radius 3 is 2.35 bits per heavy atom. The van der Waals surface area contributed by atoms with Crippen molar-refractivity contribution in [1.29, 1.82) is 0 Å². The van der Waals surface area contributed by atoms with Crippen LogP contribution in [0.5, 0.6) is 0 Å². The second-order valence-electron chi connectivity index (χ2n) is 8.23. The Morgan fingerprint density at radius 2 is 1.71 bits per heavy atom. The monoisotopic (exact) mass is 464 g/mol. The van der Waals surface area contributed by atoms with Gasteiger partial charge in [0.15, 0.2) is 5.43 Å². The zero-order valence-corrected chi connectivity index (χ0v) is 18.5. The molecule has 9 heteroatoms. The molecule has 1 aliphatic rings. The van der Waals surface area contributed by atoms with Crippen molar-refractivity contribution < 1.29 is 18.7 Å². The Bertz CT molecular complexity index is 1480. The summed E-state index contributed by atoms with van der Waals surface area (Å²) in [7, 11) is 0.